The molecule has 144 valence electrons. The van der Waals surface area contributed by atoms with Gasteiger partial charge in [0.2, 0.25) is 0 Å². The summed E-state index contributed by atoms with van der Waals surface area (Å²) in [5.74, 6) is 0. The fourth-order valence-corrected chi connectivity index (χ4v) is 2.57. The average molecular weight is 360 g/mol. The molecular weight excluding hydrogens is 336 g/mol. The van der Waals surface area contributed by atoms with Crippen molar-refractivity contribution in [1.82, 2.24) is 0 Å². The molecule has 0 aromatic rings. The van der Waals surface area contributed by atoms with Crippen molar-refractivity contribution >= 4 is 0 Å². The first-order valence-electron chi connectivity index (χ1n) is 7.08. The fourth-order valence-electron chi connectivity index (χ4n) is 2.57. The summed E-state index contributed by atoms with van der Waals surface area (Å²) < 4.78 is 15.3. The van der Waals surface area contributed by atoms with Gasteiger partial charge in [0.05, 0.1) is 13.2 Å². The third kappa shape index (κ3) is 4.01. The molecule has 0 aliphatic carbocycles. The van der Waals surface area contributed by atoms with Gasteiger partial charge in [-0.15, -0.1) is 0 Å². The SMILES string of the molecule is O.OCC1O[C@H](O[C@@H]2C(CO)OC(O)C(O)[C@H]2O)C(O)[C@@H](O)[C@@H]1O. The Morgan fingerprint density at radius 1 is 0.667 bits per heavy atom. The Bertz CT molecular complexity index is 379. The summed E-state index contributed by atoms with van der Waals surface area (Å²) in [5, 5.41) is 76.5. The predicted molar refractivity (Wildman–Crippen MR) is 72.2 cm³/mol. The van der Waals surface area contributed by atoms with Crippen LogP contribution in [-0.2, 0) is 14.2 Å². The lowest BCUT2D eigenvalue weighted by Crippen LogP contribution is -2.64. The van der Waals surface area contributed by atoms with Crippen molar-refractivity contribution in [3.8, 4) is 0 Å². The van der Waals surface area contributed by atoms with Gasteiger partial charge in [0.25, 0.3) is 0 Å². The first-order chi connectivity index (χ1) is 10.8. The van der Waals surface area contributed by atoms with Crippen LogP contribution in [0.2, 0.25) is 0 Å². The Labute approximate surface area is 136 Å². The molecule has 0 radical (unpaired) electrons. The van der Waals surface area contributed by atoms with Crippen molar-refractivity contribution < 1.29 is 60.5 Å². The number of aliphatic hydroxyl groups is 8. The van der Waals surface area contributed by atoms with Crippen LogP contribution in [0.15, 0.2) is 0 Å². The summed E-state index contributed by atoms with van der Waals surface area (Å²) in [6, 6.07) is 0. The van der Waals surface area contributed by atoms with E-state index in [1.54, 1.807) is 0 Å². The number of hydrogen-bond donors (Lipinski definition) is 8. The molecule has 2 heterocycles. The standard InChI is InChI=1S/C12H22O11.H2O/c13-1-3-5(15)6(16)9(19)12(22-3)23-10-4(2-14)21-11(20)8(18)7(10)17;/h3-20H,1-2H2;1H2/t3?,4?,5-,6+,7-,8?,9?,10-,11?,12-;/m1./s1. The van der Waals surface area contributed by atoms with Crippen molar-refractivity contribution in [2.45, 2.75) is 61.4 Å². The lowest BCUT2D eigenvalue weighted by Gasteiger charge is -2.45. The van der Waals surface area contributed by atoms with Crippen LogP contribution in [0.5, 0.6) is 0 Å². The Morgan fingerprint density at radius 2 is 1.25 bits per heavy atom. The second-order valence-corrected chi connectivity index (χ2v) is 5.53. The molecule has 0 spiro atoms. The van der Waals surface area contributed by atoms with Gasteiger partial charge in [-0.3, -0.25) is 0 Å². The van der Waals surface area contributed by atoms with E-state index in [9.17, 15) is 35.7 Å². The van der Waals surface area contributed by atoms with Crippen LogP contribution in [0.3, 0.4) is 0 Å². The summed E-state index contributed by atoms with van der Waals surface area (Å²) in [6.45, 7) is -1.35. The minimum absolute atomic E-state index is 0. The van der Waals surface area contributed by atoms with Gasteiger partial charge in [-0.25, -0.2) is 0 Å². The van der Waals surface area contributed by atoms with Crippen LogP contribution in [0.4, 0.5) is 0 Å². The third-order valence-corrected chi connectivity index (χ3v) is 3.98. The van der Waals surface area contributed by atoms with E-state index in [1.807, 2.05) is 0 Å². The van der Waals surface area contributed by atoms with E-state index >= 15 is 0 Å². The van der Waals surface area contributed by atoms with Crippen LogP contribution in [-0.4, -0.2) is 121 Å². The van der Waals surface area contributed by atoms with Crippen LogP contribution in [0.1, 0.15) is 0 Å². The van der Waals surface area contributed by atoms with Gasteiger partial charge < -0.3 is 60.5 Å². The van der Waals surface area contributed by atoms with Gasteiger partial charge in [-0.05, 0) is 0 Å². The van der Waals surface area contributed by atoms with Gasteiger partial charge in [-0.2, -0.15) is 0 Å². The maximum absolute atomic E-state index is 9.94. The molecule has 0 bridgehead atoms. The molecule has 0 aromatic heterocycles. The zero-order valence-electron chi connectivity index (χ0n) is 12.5. The summed E-state index contributed by atoms with van der Waals surface area (Å²) >= 11 is 0. The molecule has 2 saturated heterocycles. The van der Waals surface area contributed by atoms with Crippen molar-refractivity contribution in [3.63, 3.8) is 0 Å². The zero-order chi connectivity index (χ0) is 17.3. The molecule has 12 nitrogen and oxygen atoms in total. The molecule has 10 N–H and O–H groups in total. The molecule has 2 rings (SSSR count). The Morgan fingerprint density at radius 3 is 1.79 bits per heavy atom. The second kappa shape index (κ2) is 8.75. The normalized spacial score (nSPS) is 49.5. The minimum Gasteiger partial charge on any atom is -0.412 e. The van der Waals surface area contributed by atoms with E-state index < -0.39 is 74.6 Å². The van der Waals surface area contributed by atoms with E-state index in [0.717, 1.165) is 0 Å². The predicted octanol–water partition coefficient (Wildman–Crippen LogP) is -6.22. The maximum Gasteiger partial charge on any atom is 0.187 e. The molecule has 5 unspecified atom stereocenters. The summed E-state index contributed by atoms with van der Waals surface area (Å²) in [6.07, 6.45) is -15.6. The minimum atomic E-state index is -1.74. The number of rotatable bonds is 4. The fraction of sp³-hybridized carbons (Fsp3) is 1.00. The highest BCUT2D eigenvalue weighted by Gasteiger charge is 2.50. The molecule has 2 fully saturated rings. The van der Waals surface area contributed by atoms with Crippen LogP contribution >= 0.6 is 0 Å². The highest BCUT2D eigenvalue weighted by Crippen LogP contribution is 2.28. The van der Waals surface area contributed by atoms with Crippen molar-refractivity contribution in [2.24, 2.45) is 0 Å². The largest absolute Gasteiger partial charge is 0.412 e. The smallest absolute Gasteiger partial charge is 0.187 e. The zero-order valence-corrected chi connectivity index (χ0v) is 12.5. The van der Waals surface area contributed by atoms with E-state index in [0.29, 0.717) is 0 Å². The van der Waals surface area contributed by atoms with E-state index in [2.05, 4.69) is 0 Å². The topological polar surface area (TPSA) is 221 Å². The van der Waals surface area contributed by atoms with Gasteiger partial charge in [-0.1, -0.05) is 0 Å². The van der Waals surface area contributed by atoms with Crippen molar-refractivity contribution in [2.75, 3.05) is 13.2 Å². The molecule has 24 heavy (non-hydrogen) atoms. The first kappa shape index (κ1) is 21.6. The Kier molecular flexibility index (Phi) is 7.86. The highest BCUT2D eigenvalue weighted by atomic mass is 16.7. The van der Waals surface area contributed by atoms with Gasteiger partial charge in [0.15, 0.2) is 12.6 Å². The lowest BCUT2D eigenvalue weighted by atomic mass is 9.97. The monoisotopic (exact) mass is 360 g/mol. The number of aliphatic hydroxyl groups excluding tert-OH is 8. The lowest BCUT2D eigenvalue weighted by molar-refractivity contribution is -0.355. The molecule has 0 aromatic carbocycles. The summed E-state index contributed by atoms with van der Waals surface area (Å²) in [5.41, 5.74) is 0. The molecule has 10 atom stereocenters. The second-order valence-electron chi connectivity index (χ2n) is 5.53. The van der Waals surface area contributed by atoms with Gasteiger partial charge in [0.1, 0.15) is 48.8 Å². The molecule has 2 aliphatic heterocycles. The third-order valence-electron chi connectivity index (χ3n) is 3.98. The van der Waals surface area contributed by atoms with Crippen molar-refractivity contribution in [3.05, 3.63) is 0 Å². The Balaban J connectivity index is 0.00000288. The van der Waals surface area contributed by atoms with Gasteiger partial charge in [0, 0.05) is 0 Å². The summed E-state index contributed by atoms with van der Waals surface area (Å²) in [4.78, 5) is 0. The number of ether oxygens (including phenoxy) is 3. The molecule has 2 aliphatic rings. The van der Waals surface area contributed by atoms with Crippen molar-refractivity contribution in [1.29, 1.82) is 0 Å². The van der Waals surface area contributed by atoms with Gasteiger partial charge >= 0.3 is 0 Å². The molecule has 12 heteroatoms. The van der Waals surface area contributed by atoms with E-state index in [4.69, 9.17) is 19.3 Å². The average Bonchev–Trinajstić information content (AvgIpc) is 2.55. The molecule has 0 amide bonds. The first-order valence-corrected chi connectivity index (χ1v) is 7.08. The number of hydrogen-bond acceptors (Lipinski definition) is 11. The Hall–Kier alpha value is -0.480. The van der Waals surface area contributed by atoms with E-state index in [1.165, 1.54) is 0 Å². The van der Waals surface area contributed by atoms with Crippen LogP contribution in [0, 0.1) is 0 Å². The van der Waals surface area contributed by atoms with Crippen LogP contribution < -0.4 is 0 Å². The molecular formula is C12H24O12. The van der Waals surface area contributed by atoms with Crippen LogP contribution in [0.25, 0.3) is 0 Å². The quantitative estimate of drug-likeness (QED) is 0.235. The molecule has 0 saturated carbocycles. The van der Waals surface area contributed by atoms with E-state index in [-0.39, 0.29) is 5.48 Å². The summed E-state index contributed by atoms with van der Waals surface area (Å²) in [7, 11) is 0. The maximum atomic E-state index is 9.94. The highest BCUT2D eigenvalue weighted by molar-refractivity contribution is 4.93.